The Morgan fingerprint density at radius 2 is 1.86 bits per heavy atom. The Labute approximate surface area is 131 Å². The van der Waals surface area contributed by atoms with Crippen molar-refractivity contribution in [3.05, 3.63) is 75.3 Å². The van der Waals surface area contributed by atoms with Gasteiger partial charge in [-0.1, -0.05) is 41.9 Å². The van der Waals surface area contributed by atoms with Crippen LogP contribution in [0.5, 0.6) is 0 Å². The summed E-state index contributed by atoms with van der Waals surface area (Å²) in [6, 6.07) is 16.3. The molecule has 5 nitrogen and oxygen atoms in total. The number of aromatic nitrogens is 1. The number of rotatable bonds is 4. The third-order valence-electron chi connectivity index (χ3n) is 3.29. The second kappa shape index (κ2) is 5.99. The highest BCUT2D eigenvalue weighted by molar-refractivity contribution is 6.30. The number of hydrogen-bond donors (Lipinski definition) is 1. The molecule has 2 aromatic carbocycles. The van der Waals surface area contributed by atoms with Crippen LogP contribution in [0, 0.1) is 10.1 Å². The van der Waals surface area contributed by atoms with Gasteiger partial charge in [0.1, 0.15) is 0 Å². The second-order valence-corrected chi connectivity index (χ2v) is 5.22. The molecule has 22 heavy (non-hydrogen) atoms. The average Bonchev–Trinajstić information content (AvgIpc) is 2.53. The van der Waals surface area contributed by atoms with E-state index in [9.17, 15) is 10.1 Å². The molecule has 1 N–H and O–H groups in total. The third-order valence-corrected chi connectivity index (χ3v) is 3.54. The zero-order valence-corrected chi connectivity index (χ0v) is 12.2. The number of hydrogen-bond acceptors (Lipinski definition) is 4. The molecule has 0 atom stereocenters. The van der Waals surface area contributed by atoms with Crippen LogP contribution in [0.2, 0.25) is 5.02 Å². The van der Waals surface area contributed by atoms with Crippen molar-refractivity contribution < 1.29 is 4.92 Å². The van der Waals surface area contributed by atoms with Crippen molar-refractivity contribution in [2.45, 2.75) is 6.54 Å². The third kappa shape index (κ3) is 2.99. The van der Waals surface area contributed by atoms with Gasteiger partial charge < -0.3 is 15.4 Å². The van der Waals surface area contributed by atoms with Crippen molar-refractivity contribution in [2.24, 2.45) is 0 Å². The van der Waals surface area contributed by atoms with E-state index in [2.05, 4.69) is 10.3 Å². The Balaban J connectivity index is 1.94. The predicted molar refractivity (Wildman–Crippen MR) is 87.2 cm³/mol. The van der Waals surface area contributed by atoms with Crippen LogP contribution >= 0.6 is 11.6 Å². The predicted octanol–water partition coefficient (Wildman–Crippen LogP) is 4.41. The van der Waals surface area contributed by atoms with Gasteiger partial charge in [0, 0.05) is 17.6 Å². The topological polar surface area (TPSA) is 68.1 Å². The van der Waals surface area contributed by atoms with E-state index in [-0.39, 0.29) is 5.82 Å². The van der Waals surface area contributed by atoms with Gasteiger partial charge in [-0.25, -0.2) is 0 Å². The smallest absolute Gasteiger partial charge is 0.358 e. The maximum absolute atomic E-state index is 11.0. The van der Waals surface area contributed by atoms with E-state index in [1.807, 2.05) is 36.4 Å². The number of nitrogens with one attached hydrogen (secondary N) is 1. The van der Waals surface area contributed by atoms with Crippen LogP contribution in [0.1, 0.15) is 5.56 Å². The standard InChI is InChI=1S/C16H12ClN3O2/c17-13-7-5-11(6-8-13)10-18-16-14-4-2-1-3-12(14)9-15(19-16)20(21)22/h1-9H,10H2,(H,18,19). The van der Waals surface area contributed by atoms with Crippen LogP contribution in [0.25, 0.3) is 10.8 Å². The van der Waals surface area contributed by atoms with Gasteiger partial charge in [-0.05, 0) is 39.1 Å². The zero-order chi connectivity index (χ0) is 15.5. The number of halogens is 1. The molecule has 0 aliphatic carbocycles. The molecule has 0 aliphatic rings. The van der Waals surface area contributed by atoms with Crippen LogP contribution in [0.15, 0.2) is 54.6 Å². The second-order valence-electron chi connectivity index (χ2n) is 4.79. The van der Waals surface area contributed by atoms with Crippen molar-refractivity contribution in [2.75, 3.05) is 5.32 Å². The van der Waals surface area contributed by atoms with E-state index in [1.165, 1.54) is 6.07 Å². The van der Waals surface area contributed by atoms with Gasteiger partial charge in [0.15, 0.2) is 0 Å². The average molecular weight is 314 g/mol. The van der Waals surface area contributed by atoms with Crippen LogP contribution in [-0.2, 0) is 6.54 Å². The fourth-order valence-electron chi connectivity index (χ4n) is 2.20. The summed E-state index contributed by atoms with van der Waals surface area (Å²) >= 11 is 5.85. The number of anilines is 1. The van der Waals surface area contributed by atoms with Gasteiger partial charge >= 0.3 is 5.82 Å². The molecular weight excluding hydrogens is 302 g/mol. The van der Waals surface area contributed by atoms with Crippen molar-refractivity contribution in [3.63, 3.8) is 0 Å². The molecule has 1 aromatic heterocycles. The monoisotopic (exact) mass is 313 g/mol. The first kappa shape index (κ1) is 14.3. The van der Waals surface area contributed by atoms with Crippen LogP contribution in [0.4, 0.5) is 11.6 Å². The van der Waals surface area contributed by atoms with Crippen molar-refractivity contribution in [3.8, 4) is 0 Å². The van der Waals surface area contributed by atoms with Gasteiger partial charge in [-0.2, -0.15) is 0 Å². The summed E-state index contributed by atoms with van der Waals surface area (Å²) in [5.41, 5.74) is 1.02. The molecule has 0 unspecified atom stereocenters. The normalized spacial score (nSPS) is 10.6. The molecule has 0 fully saturated rings. The maximum Gasteiger partial charge on any atom is 0.366 e. The molecule has 1 heterocycles. The van der Waals surface area contributed by atoms with E-state index in [1.54, 1.807) is 12.1 Å². The molecule has 3 aromatic rings. The zero-order valence-electron chi connectivity index (χ0n) is 11.5. The molecule has 0 spiro atoms. The van der Waals surface area contributed by atoms with Crippen molar-refractivity contribution in [1.82, 2.24) is 4.98 Å². The van der Waals surface area contributed by atoms with E-state index in [4.69, 9.17) is 11.6 Å². The number of pyridine rings is 1. The van der Waals surface area contributed by atoms with Crippen molar-refractivity contribution >= 4 is 34.0 Å². The fraction of sp³-hybridized carbons (Fsp3) is 0.0625. The SMILES string of the molecule is O=[N+]([O-])c1cc2ccccc2c(NCc2ccc(Cl)cc2)n1. The molecule has 0 saturated heterocycles. The summed E-state index contributed by atoms with van der Waals surface area (Å²) < 4.78 is 0. The highest BCUT2D eigenvalue weighted by Gasteiger charge is 2.15. The number of nitro groups is 1. The lowest BCUT2D eigenvalue weighted by Crippen LogP contribution is -2.04. The maximum atomic E-state index is 11.0. The van der Waals surface area contributed by atoms with Crippen molar-refractivity contribution in [1.29, 1.82) is 0 Å². The van der Waals surface area contributed by atoms with E-state index in [0.717, 1.165) is 16.3 Å². The lowest BCUT2D eigenvalue weighted by molar-refractivity contribution is -0.389. The number of fused-ring (bicyclic) bond motifs is 1. The van der Waals surface area contributed by atoms with E-state index >= 15 is 0 Å². The van der Waals surface area contributed by atoms with Gasteiger partial charge in [0.2, 0.25) is 5.82 Å². The lowest BCUT2D eigenvalue weighted by Gasteiger charge is -2.06. The van der Waals surface area contributed by atoms with E-state index in [0.29, 0.717) is 17.4 Å². The molecule has 6 heteroatoms. The van der Waals surface area contributed by atoms with Gasteiger partial charge in [-0.15, -0.1) is 0 Å². The minimum atomic E-state index is -0.486. The lowest BCUT2D eigenvalue weighted by atomic mass is 10.1. The van der Waals surface area contributed by atoms with Crippen LogP contribution in [-0.4, -0.2) is 9.91 Å². The number of nitrogens with zero attached hydrogens (tertiary/aromatic N) is 2. The largest absolute Gasteiger partial charge is 0.366 e. The Morgan fingerprint density at radius 3 is 2.59 bits per heavy atom. The summed E-state index contributed by atoms with van der Waals surface area (Å²) in [5.74, 6) is 0.331. The molecule has 0 bridgehead atoms. The molecule has 110 valence electrons. The fourth-order valence-corrected chi connectivity index (χ4v) is 2.33. The first-order valence-electron chi connectivity index (χ1n) is 6.66. The quantitative estimate of drug-likeness (QED) is 0.572. The summed E-state index contributed by atoms with van der Waals surface area (Å²) in [6.45, 7) is 0.509. The summed E-state index contributed by atoms with van der Waals surface area (Å²) in [5, 5.41) is 16.5. The Bertz CT molecular complexity index is 834. The van der Waals surface area contributed by atoms with E-state index < -0.39 is 4.92 Å². The Kier molecular flexibility index (Phi) is 3.89. The van der Waals surface area contributed by atoms with Gasteiger partial charge in [0.05, 0.1) is 5.39 Å². The Morgan fingerprint density at radius 1 is 1.14 bits per heavy atom. The summed E-state index contributed by atoms with van der Waals surface area (Å²) in [6.07, 6.45) is 0. The minimum Gasteiger partial charge on any atom is -0.358 e. The molecular formula is C16H12ClN3O2. The molecule has 0 saturated carbocycles. The minimum absolute atomic E-state index is 0.169. The highest BCUT2D eigenvalue weighted by Crippen LogP contribution is 2.26. The van der Waals surface area contributed by atoms with Crippen LogP contribution < -0.4 is 5.32 Å². The number of benzene rings is 2. The summed E-state index contributed by atoms with van der Waals surface area (Å²) in [4.78, 5) is 14.6. The highest BCUT2D eigenvalue weighted by atomic mass is 35.5. The first-order valence-corrected chi connectivity index (χ1v) is 7.04. The summed E-state index contributed by atoms with van der Waals surface area (Å²) in [7, 11) is 0. The molecule has 0 aliphatic heterocycles. The first-order chi connectivity index (χ1) is 10.6. The Hall–Kier alpha value is -2.66. The van der Waals surface area contributed by atoms with Crippen LogP contribution in [0.3, 0.4) is 0 Å². The van der Waals surface area contributed by atoms with Gasteiger partial charge in [-0.3, -0.25) is 0 Å². The molecule has 0 amide bonds. The molecule has 3 rings (SSSR count). The van der Waals surface area contributed by atoms with Gasteiger partial charge in [0.25, 0.3) is 0 Å². The molecule has 0 radical (unpaired) electrons.